The molecule has 0 bridgehead atoms. The molecule has 0 amide bonds. The number of phenolic OH excluding ortho intramolecular Hbond substituents is 1. The Morgan fingerprint density at radius 1 is 1.15 bits per heavy atom. The SMILES string of the molecule is COc1cc(O)c2c(c1)OCCC(=O)C(=O)C(O)CC[C@H](C)[C@H](C)OC2=O. The summed E-state index contributed by atoms with van der Waals surface area (Å²) in [7, 11) is 1.38. The first-order chi connectivity index (χ1) is 12.7. The monoisotopic (exact) mass is 380 g/mol. The molecule has 0 spiro atoms. The second-order valence-electron chi connectivity index (χ2n) is 6.59. The highest BCUT2D eigenvalue weighted by Gasteiger charge is 2.28. The molecule has 0 fully saturated rings. The number of hydrogen-bond donors (Lipinski definition) is 2. The predicted molar refractivity (Wildman–Crippen MR) is 94.1 cm³/mol. The average molecular weight is 380 g/mol. The van der Waals surface area contributed by atoms with Gasteiger partial charge in [-0.25, -0.2) is 4.79 Å². The van der Waals surface area contributed by atoms with Gasteiger partial charge in [-0.05, 0) is 25.7 Å². The largest absolute Gasteiger partial charge is 0.507 e. The lowest BCUT2D eigenvalue weighted by atomic mass is 9.95. The highest BCUT2D eigenvalue weighted by atomic mass is 16.5. The van der Waals surface area contributed by atoms with Crippen LogP contribution in [0.5, 0.6) is 17.2 Å². The van der Waals surface area contributed by atoms with E-state index in [1.54, 1.807) is 13.8 Å². The number of ketones is 2. The van der Waals surface area contributed by atoms with E-state index in [1.165, 1.54) is 19.2 Å². The number of cyclic esters (lactones) is 1. The number of esters is 1. The lowest BCUT2D eigenvalue weighted by Crippen LogP contribution is -2.31. The Labute approximate surface area is 157 Å². The molecule has 0 saturated carbocycles. The number of phenols is 1. The summed E-state index contributed by atoms with van der Waals surface area (Å²) in [5.74, 6) is -2.71. The normalized spacial score (nSPS) is 25.0. The minimum atomic E-state index is -1.39. The number of methoxy groups -OCH3 is 1. The number of hydrogen-bond acceptors (Lipinski definition) is 8. The molecular weight excluding hydrogens is 356 g/mol. The van der Waals surface area contributed by atoms with Crippen molar-refractivity contribution in [3.8, 4) is 17.2 Å². The molecule has 0 radical (unpaired) electrons. The van der Waals surface area contributed by atoms with E-state index >= 15 is 0 Å². The number of aromatic hydroxyl groups is 1. The molecule has 0 aliphatic carbocycles. The lowest BCUT2D eigenvalue weighted by Gasteiger charge is -2.23. The third-order valence-electron chi connectivity index (χ3n) is 4.65. The van der Waals surface area contributed by atoms with Crippen LogP contribution in [0.4, 0.5) is 0 Å². The van der Waals surface area contributed by atoms with Gasteiger partial charge in [0.05, 0.1) is 13.7 Å². The minimum absolute atomic E-state index is 0.0189. The number of aliphatic hydroxyl groups excluding tert-OH is 1. The number of carbonyl (C=O) groups is 3. The van der Waals surface area contributed by atoms with Gasteiger partial charge in [0.25, 0.3) is 0 Å². The summed E-state index contributed by atoms with van der Waals surface area (Å²) in [6.07, 6.45) is -1.73. The molecule has 1 aromatic carbocycles. The molecule has 1 aromatic rings. The zero-order chi connectivity index (χ0) is 20.1. The van der Waals surface area contributed by atoms with E-state index < -0.39 is 29.7 Å². The van der Waals surface area contributed by atoms with Gasteiger partial charge in [0.15, 0.2) is 0 Å². The molecule has 1 unspecified atom stereocenters. The van der Waals surface area contributed by atoms with Gasteiger partial charge in [-0.3, -0.25) is 9.59 Å². The Balaban J connectivity index is 2.38. The maximum atomic E-state index is 12.6. The van der Waals surface area contributed by atoms with E-state index in [9.17, 15) is 24.6 Å². The van der Waals surface area contributed by atoms with Gasteiger partial charge in [-0.2, -0.15) is 0 Å². The predicted octanol–water partition coefficient (Wildman–Crippen LogP) is 1.64. The molecule has 1 aliphatic heterocycles. The molecule has 148 valence electrons. The zero-order valence-corrected chi connectivity index (χ0v) is 15.6. The van der Waals surface area contributed by atoms with Crippen molar-refractivity contribution < 1.29 is 38.8 Å². The van der Waals surface area contributed by atoms with Crippen LogP contribution in [0.15, 0.2) is 12.1 Å². The molecular formula is C19H24O8. The lowest BCUT2D eigenvalue weighted by molar-refractivity contribution is -0.142. The number of rotatable bonds is 1. The van der Waals surface area contributed by atoms with Crippen molar-refractivity contribution in [2.45, 2.75) is 45.3 Å². The summed E-state index contributed by atoms with van der Waals surface area (Å²) in [6.45, 7) is 3.26. The van der Waals surface area contributed by atoms with Crippen LogP contribution in [0.2, 0.25) is 0 Å². The average Bonchev–Trinajstić information content (AvgIpc) is 2.63. The summed E-state index contributed by atoms with van der Waals surface area (Å²) in [6, 6.07) is 2.64. The third-order valence-corrected chi connectivity index (χ3v) is 4.65. The van der Waals surface area contributed by atoms with Crippen molar-refractivity contribution in [2.24, 2.45) is 5.92 Å². The molecule has 8 nitrogen and oxygen atoms in total. The van der Waals surface area contributed by atoms with Crippen LogP contribution in [0.25, 0.3) is 0 Å². The number of Topliss-reactive ketones (excluding diaryl/α,β-unsaturated/α-hetero) is 2. The van der Waals surface area contributed by atoms with Gasteiger partial charge in [0.2, 0.25) is 11.6 Å². The van der Waals surface area contributed by atoms with Gasteiger partial charge in [-0.15, -0.1) is 0 Å². The van der Waals surface area contributed by atoms with Crippen LogP contribution in [0.3, 0.4) is 0 Å². The number of carbonyl (C=O) groups excluding carboxylic acids is 3. The quantitative estimate of drug-likeness (QED) is 0.557. The number of benzene rings is 1. The fraction of sp³-hybridized carbons (Fsp3) is 0.526. The van der Waals surface area contributed by atoms with E-state index in [2.05, 4.69) is 0 Å². The fourth-order valence-corrected chi connectivity index (χ4v) is 2.71. The molecule has 8 heteroatoms. The highest BCUT2D eigenvalue weighted by Crippen LogP contribution is 2.35. The number of ether oxygens (including phenoxy) is 3. The molecule has 27 heavy (non-hydrogen) atoms. The van der Waals surface area contributed by atoms with Crippen molar-refractivity contribution in [1.82, 2.24) is 0 Å². The summed E-state index contributed by atoms with van der Waals surface area (Å²) in [5.41, 5.74) is -0.175. The van der Waals surface area contributed by atoms with Crippen molar-refractivity contribution in [3.05, 3.63) is 17.7 Å². The summed E-state index contributed by atoms with van der Waals surface area (Å²) in [4.78, 5) is 36.5. The van der Waals surface area contributed by atoms with Crippen molar-refractivity contribution in [2.75, 3.05) is 13.7 Å². The van der Waals surface area contributed by atoms with E-state index in [0.717, 1.165) is 0 Å². The van der Waals surface area contributed by atoms with E-state index in [-0.39, 0.29) is 48.2 Å². The first-order valence-electron chi connectivity index (χ1n) is 8.74. The molecule has 1 heterocycles. The van der Waals surface area contributed by atoms with Crippen LogP contribution in [-0.4, -0.2) is 53.7 Å². The van der Waals surface area contributed by atoms with Gasteiger partial charge in [0.1, 0.15) is 35.0 Å². The maximum absolute atomic E-state index is 12.6. The zero-order valence-electron chi connectivity index (χ0n) is 15.6. The van der Waals surface area contributed by atoms with E-state index in [1.807, 2.05) is 0 Å². The van der Waals surface area contributed by atoms with Gasteiger partial charge < -0.3 is 24.4 Å². The Bertz CT molecular complexity index is 727. The van der Waals surface area contributed by atoms with Crippen molar-refractivity contribution in [3.63, 3.8) is 0 Å². The van der Waals surface area contributed by atoms with Gasteiger partial charge in [0, 0.05) is 18.6 Å². The minimum Gasteiger partial charge on any atom is -0.507 e. The molecule has 0 aromatic heterocycles. The first kappa shape index (κ1) is 20.7. The summed E-state index contributed by atoms with van der Waals surface area (Å²) < 4.78 is 15.9. The smallest absolute Gasteiger partial charge is 0.346 e. The fourth-order valence-electron chi connectivity index (χ4n) is 2.71. The Morgan fingerprint density at radius 2 is 1.85 bits per heavy atom. The maximum Gasteiger partial charge on any atom is 0.346 e. The van der Waals surface area contributed by atoms with Crippen molar-refractivity contribution in [1.29, 1.82) is 0 Å². The Hall–Kier alpha value is -2.61. The van der Waals surface area contributed by atoms with Crippen LogP contribution in [-0.2, 0) is 14.3 Å². The second kappa shape index (κ2) is 8.85. The summed E-state index contributed by atoms with van der Waals surface area (Å²) >= 11 is 0. The molecule has 2 N–H and O–H groups in total. The van der Waals surface area contributed by atoms with E-state index in [0.29, 0.717) is 6.42 Å². The third kappa shape index (κ3) is 4.97. The van der Waals surface area contributed by atoms with Crippen LogP contribution >= 0.6 is 0 Å². The first-order valence-corrected chi connectivity index (χ1v) is 8.74. The van der Waals surface area contributed by atoms with E-state index in [4.69, 9.17) is 14.2 Å². The molecule has 2 rings (SSSR count). The molecule has 3 atom stereocenters. The number of aliphatic hydroxyl groups is 1. The van der Waals surface area contributed by atoms with Crippen LogP contribution in [0, 0.1) is 5.92 Å². The topological polar surface area (TPSA) is 119 Å². The highest BCUT2D eigenvalue weighted by molar-refractivity contribution is 6.38. The van der Waals surface area contributed by atoms with Crippen molar-refractivity contribution >= 4 is 17.5 Å². The molecule has 0 saturated heterocycles. The Kier molecular flexibility index (Phi) is 6.79. The standard InChI is InChI=1S/C19H24O8/c1-10-4-5-13(20)18(23)14(21)6-7-26-16-9-12(25-3)8-15(22)17(16)19(24)27-11(10)2/h8-11,13,20,22H,4-7H2,1-3H3/t10-,11-,13?/m0/s1. The van der Waals surface area contributed by atoms with Gasteiger partial charge in [-0.1, -0.05) is 6.92 Å². The van der Waals surface area contributed by atoms with Crippen LogP contribution in [0.1, 0.15) is 43.5 Å². The number of fused-ring (bicyclic) bond motifs is 1. The summed E-state index contributed by atoms with van der Waals surface area (Å²) in [5, 5.41) is 20.1. The Morgan fingerprint density at radius 3 is 2.52 bits per heavy atom. The second-order valence-corrected chi connectivity index (χ2v) is 6.59. The van der Waals surface area contributed by atoms with Gasteiger partial charge >= 0.3 is 5.97 Å². The molecule has 1 aliphatic rings. The van der Waals surface area contributed by atoms with Crippen LogP contribution < -0.4 is 9.47 Å².